The highest BCUT2D eigenvalue weighted by molar-refractivity contribution is 5.90. The van der Waals surface area contributed by atoms with E-state index in [9.17, 15) is 0 Å². The number of fused-ring (bicyclic) bond motifs is 16. The molecule has 272 valence electrons. The quantitative estimate of drug-likeness (QED) is 0.176. The molecule has 55 heavy (non-hydrogen) atoms. The largest absolute Gasteiger partial charge is 0.310 e. The highest BCUT2D eigenvalue weighted by Gasteiger charge is 2.58. The zero-order chi connectivity index (χ0) is 36.5. The molecule has 1 heteroatoms. The molecule has 0 saturated heterocycles. The van der Waals surface area contributed by atoms with Gasteiger partial charge in [-0.2, -0.15) is 0 Å². The van der Waals surface area contributed by atoms with Gasteiger partial charge >= 0.3 is 0 Å². The van der Waals surface area contributed by atoms with Crippen LogP contribution in [0, 0.1) is 35.5 Å². The molecule has 0 heterocycles. The predicted molar refractivity (Wildman–Crippen MR) is 228 cm³/mol. The maximum Gasteiger partial charge on any atom is 0.0468 e. The van der Waals surface area contributed by atoms with E-state index in [0.717, 1.165) is 23.7 Å². The molecule has 0 N–H and O–H groups in total. The minimum absolute atomic E-state index is 0.0565. The molecule has 4 fully saturated rings. The van der Waals surface area contributed by atoms with E-state index in [4.69, 9.17) is 0 Å². The fourth-order valence-electron chi connectivity index (χ4n) is 14.2. The summed E-state index contributed by atoms with van der Waals surface area (Å²) < 4.78 is 0. The molecule has 6 aromatic rings. The summed E-state index contributed by atoms with van der Waals surface area (Å²) in [6, 6.07) is 54.2. The fourth-order valence-corrected chi connectivity index (χ4v) is 14.2. The Labute approximate surface area is 327 Å². The van der Waals surface area contributed by atoms with Crippen LogP contribution in [0.2, 0.25) is 0 Å². The first-order chi connectivity index (χ1) is 27.0. The highest BCUT2D eigenvalue weighted by Crippen LogP contribution is 2.67. The Hall–Kier alpha value is -4.88. The van der Waals surface area contributed by atoms with Gasteiger partial charge in [0.15, 0.2) is 0 Å². The minimum Gasteiger partial charge on any atom is -0.310 e. The lowest BCUT2D eigenvalue weighted by Crippen LogP contribution is -2.49. The summed E-state index contributed by atoms with van der Waals surface area (Å²) in [6.45, 7) is 5.12. The van der Waals surface area contributed by atoms with E-state index < -0.39 is 0 Å². The van der Waals surface area contributed by atoms with Crippen LogP contribution in [0.25, 0.3) is 33.4 Å². The van der Waals surface area contributed by atoms with Crippen LogP contribution < -0.4 is 4.90 Å². The maximum absolute atomic E-state index is 2.65. The molecule has 12 rings (SSSR count). The summed E-state index contributed by atoms with van der Waals surface area (Å²) in [5.74, 6) is 4.57. The highest BCUT2D eigenvalue weighted by atomic mass is 15.1. The molecule has 0 aliphatic heterocycles. The number of hydrogen-bond acceptors (Lipinski definition) is 1. The van der Waals surface area contributed by atoms with Gasteiger partial charge in [0, 0.05) is 27.9 Å². The van der Waals surface area contributed by atoms with Crippen LogP contribution in [0.1, 0.15) is 87.5 Å². The van der Waals surface area contributed by atoms with Crippen molar-refractivity contribution in [1.29, 1.82) is 0 Å². The average Bonchev–Trinajstić information content (AvgIpc) is 3.98. The van der Waals surface area contributed by atoms with Crippen LogP contribution in [0.15, 0.2) is 140 Å². The first-order valence-electron chi connectivity index (χ1n) is 21.5. The van der Waals surface area contributed by atoms with Gasteiger partial charge < -0.3 is 4.90 Å². The number of hydrogen-bond donors (Lipinski definition) is 0. The van der Waals surface area contributed by atoms with E-state index in [1.165, 1.54) is 102 Å². The van der Waals surface area contributed by atoms with Crippen LogP contribution in [0.5, 0.6) is 0 Å². The lowest BCUT2D eigenvalue weighted by molar-refractivity contribution is 0.0426. The van der Waals surface area contributed by atoms with Gasteiger partial charge in [-0.3, -0.25) is 0 Å². The van der Waals surface area contributed by atoms with Gasteiger partial charge in [-0.25, -0.2) is 0 Å². The Bertz CT molecular complexity index is 2470. The van der Waals surface area contributed by atoms with Crippen molar-refractivity contribution in [3.8, 4) is 33.4 Å². The zero-order valence-corrected chi connectivity index (χ0v) is 32.3. The Morgan fingerprint density at radius 1 is 0.455 bits per heavy atom. The van der Waals surface area contributed by atoms with Crippen molar-refractivity contribution >= 4 is 17.1 Å². The first kappa shape index (κ1) is 32.4. The molecule has 4 saturated carbocycles. The average molecular weight is 714 g/mol. The van der Waals surface area contributed by atoms with Crippen LogP contribution in [0.4, 0.5) is 17.1 Å². The third kappa shape index (κ3) is 4.42. The molecule has 6 aromatic carbocycles. The van der Waals surface area contributed by atoms with Gasteiger partial charge in [0.2, 0.25) is 0 Å². The number of rotatable bonds is 4. The molecule has 6 aliphatic rings. The van der Waals surface area contributed by atoms with Gasteiger partial charge in [-0.15, -0.1) is 0 Å². The standard InChI is InChI=1S/C54H51N/c1-34-26-37-28-35(2)54(41(27-34)30-37)51-15-9-7-12-45(51)47-24-22-44(32-52(47)54)55(42-20-17-39(18-21-42)38-10-4-3-5-11-38)43-23-25-50-48(31-43)46-13-6-8-14-49(46)53(50)33-36-16-19-40(53)29-36/h3-15,17-18,20-25,31-32,34-37,40-41H,16,19,26-30,33H2,1-2H3/t34-,35+,36?,37?,40?,41-,53-,54-/m1/s1. The summed E-state index contributed by atoms with van der Waals surface area (Å²) in [5, 5.41) is 0. The smallest absolute Gasteiger partial charge is 0.0468 e. The Morgan fingerprint density at radius 3 is 1.87 bits per heavy atom. The van der Waals surface area contributed by atoms with Gasteiger partial charge in [0.25, 0.3) is 0 Å². The van der Waals surface area contributed by atoms with Crippen LogP contribution in [-0.4, -0.2) is 0 Å². The van der Waals surface area contributed by atoms with E-state index in [-0.39, 0.29) is 10.8 Å². The van der Waals surface area contributed by atoms with Crippen molar-refractivity contribution in [3.05, 3.63) is 162 Å². The lowest BCUT2D eigenvalue weighted by atomic mass is 9.49. The van der Waals surface area contributed by atoms with Crippen molar-refractivity contribution < 1.29 is 0 Å². The van der Waals surface area contributed by atoms with E-state index in [2.05, 4.69) is 158 Å². The summed E-state index contributed by atoms with van der Waals surface area (Å²) in [4.78, 5) is 2.58. The van der Waals surface area contributed by atoms with Crippen molar-refractivity contribution in [2.75, 3.05) is 4.90 Å². The van der Waals surface area contributed by atoms with Gasteiger partial charge in [-0.05, 0) is 172 Å². The summed E-state index contributed by atoms with van der Waals surface area (Å²) in [5.41, 5.74) is 18.7. The normalized spacial score (nSPS) is 30.3. The molecule has 2 spiro atoms. The van der Waals surface area contributed by atoms with E-state index in [1.54, 1.807) is 22.3 Å². The van der Waals surface area contributed by atoms with E-state index >= 15 is 0 Å². The SMILES string of the molecule is C[C@@H]1CC2C[C@@H](C1)[C@@]1(c3ccccc3-c3ccc(N(c4ccc(-c5ccccc5)cc4)c4ccc5c(c4)-c4ccccc4[C@]54CC5CCC4C5)cc31)[C@@H](C)C2. The summed E-state index contributed by atoms with van der Waals surface area (Å²) in [6.07, 6.45) is 10.9. The molecule has 0 amide bonds. The van der Waals surface area contributed by atoms with Crippen LogP contribution in [-0.2, 0) is 10.8 Å². The molecule has 0 aromatic heterocycles. The zero-order valence-electron chi connectivity index (χ0n) is 32.3. The first-order valence-corrected chi connectivity index (χ1v) is 21.5. The van der Waals surface area contributed by atoms with Crippen molar-refractivity contribution in [2.24, 2.45) is 35.5 Å². The summed E-state index contributed by atoms with van der Waals surface area (Å²) in [7, 11) is 0. The maximum atomic E-state index is 2.65. The number of nitrogens with zero attached hydrogens (tertiary/aromatic N) is 1. The molecular weight excluding hydrogens is 663 g/mol. The lowest BCUT2D eigenvalue weighted by Gasteiger charge is -2.54. The molecule has 6 aliphatic carbocycles. The second kappa shape index (κ2) is 11.8. The third-order valence-corrected chi connectivity index (χ3v) is 16.0. The number of benzene rings is 6. The second-order valence-corrected chi connectivity index (χ2v) is 18.7. The van der Waals surface area contributed by atoms with Gasteiger partial charge in [0.1, 0.15) is 0 Å². The predicted octanol–water partition coefficient (Wildman–Crippen LogP) is 14.3. The topological polar surface area (TPSA) is 3.24 Å². The van der Waals surface area contributed by atoms with Gasteiger partial charge in [-0.1, -0.05) is 123 Å². The minimum atomic E-state index is 0.0565. The summed E-state index contributed by atoms with van der Waals surface area (Å²) >= 11 is 0. The van der Waals surface area contributed by atoms with Crippen LogP contribution in [0.3, 0.4) is 0 Å². The van der Waals surface area contributed by atoms with Gasteiger partial charge in [0.05, 0.1) is 0 Å². The molecule has 8 atom stereocenters. The van der Waals surface area contributed by atoms with Crippen molar-refractivity contribution in [2.45, 2.75) is 76.0 Å². The van der Waals surface area contributed by atoms with Crippen LogP contribution >= 0.6 is 0 Å². The molecular formula is C54H51N. The Morgan fingerprint density at radius 2 is 1.09 bits per heavy atom. The number of anilines is 3. The second-order valence-electron chi connectivity index (χ2n) is 18.7. The van der Waals surface area contributed by atoms with E-state index in [1.807, 2.05) is 0 Å². The van der Waals surface area contributed by atoms with Crippen molar-refractivity contribution in [3.63, 3.8) is 0 Å². The monoisotopic (exact) mass is 713 g/mol. The van der Waals surface area contributed by atoms with E-state index in [0.29, 0.717) is 11.8 Å². The fraction of sp³-hybridized carbons (Fsp3) is 0.333. The molecule has 1 nitrogen and oxygen atoms in total. The molecule has 4 bridgehead atoms. The third-order valence-electron chi connectivity index (χ3n) is 16.0. The Kier molecular flexibility index (Phi) is 6.95. The molecule has 3 unspecified atom stereocenters. The van der Waals surface area contributed by atoms with Crippen molar-refractivity contribution in [1.82, 2.24) is 0 Å². The molecule has 0 radical (unpaired) electrons. The Balaban J connectivity index is 1.05.